The van der Waals surface area contributed by atoms with E-state index >= 15 is 0 Å². The first kappa shape index (κ1) is 16.2. The van der Waals surface area contributed by atoms with Crippen molar-refractivity contribution >= 4 is 17.8 Å². The lowest BCUT2D eigenvalue weighted by Gasteiger charge is -2.13. The summed E-state index contributed by atoms with van der Waals surface area (Å²) in [6, 6.07) is 6.94. The number of methoxy groups -OCH3 is 1. The molecule has 1 heterocycles. The molecule has 5 heteroatoms. The second-order valence-corrected chi connectivity index (χ2v) is 5.40. The number of nitrogens with zero attached hydrogens (tertiary/aromatic N) is 1. The zero-order chi connectivity index (χ0) is 15.9. The van der Waals surface area contributed by atoms with Gasteiger partial charge in [-0.25, -0.2) is 0 Å². The fraction of sp³-hybridized carbons (Fsp3) is 0.471. The summed E-state index contributed by atoms with van der Waals surface area (Å²) in [5, 5.41) is 0. The Morgan fingerprint density at radius 1 is 0.955 bits per heavy atom. The Morgan fingerprint density at radius 3 is 2.09 bits per heavy atom. The molecule has 0 unspecified atom stereocenters. The summed E-state index contributed by atoms with van der Waals surface area (Å²) in [5.41, 5.74) is 1.01. The van der Waals surface area contributed by atoms with Crippen molar-refractivity contribution in [2.45, 2.75) is 38.5 Å². The zero-order valence-electron chi connectivity index (χ0n) is 12.8. The molecular weight excluding hydrogens is 282 g/mol. The van der Waals surface area contributed by atoms with E-state index in [-0.39, 0.29) is 17.8 Å². The van der Waals surface area contributed by atoms with E-state index < -0.39 is 0 Å². The predicted molar refractivity (Wildman–Crippen MR) is 81.5 cm³/mol. The smallest absolute Gasteiger partial charge is 0.305 e. The average Bonchev–Trinajstić information content (AvgIpc) is 2.78. The van der Waals surface area contributed by atoms with E-state index in [0.29, 0.717) is 24.1 Å². The number of unbranched alkanes of at least 4 members (excludes halogenated alkanes) is 4. The highest BCUT2D eigenvalue weighted by Gasteiger charge is 2.34. The molecule has 1 aromatic rings. The maximum absolute atomic E-state index is 12.1. The number of imide groups is 1. The number of rotatable bonds is 8. The van der Waals surface area contributed by atoms with Crippen molar-refractivity contribution in [2.24, 2.45) is 0 Å². The Hall–Kier alpha value is -2.17. The summed E-state index contributed by atoms with van der Waals surface area (Å²) < 4.78 is 4.58. The van der Waals surface area contributed by atoms with Gasteiger partial charge in [0.05, 0.1) is 18.2 Å². The minimum Gasteiger partial charge on any atom is -0.469 e. The molecule has 0 fully saturated rings. The van der Waals surface area contributed by atoms with Gasteiger partial charge in [-0.15, -0.1) is 0 Å². The van der Waals surface area contributed by atoms with Gasteiger partial charge in [0.15, 0.2) is 0 Å². The van der Waals surface area contributed by atoms with Crippen LogP contribution in [0.2, 0.25) is 0 Å². The van der Waals surface area contributed by atoms with Crippen LogP contribution in [0.1, 0.15) is 59.2 Å². The summed E-state index contributed by atoms with van der Waals surface area (Å²) >= 11 is 0. The lowest BCUT2D eigenvalue weighted by atomic mass is 10.1. The fourth-order valence-electron chi connectivity index (χ4n) is 2.61. The van der Waals surface area contributed by atoms with E-state index in [9.17, 15) is 14.4 Å². The van der Waals surface area contributed by atoms with Crippen LogP contribution in [0.5, 0.6) is 0 Å². The van der Waals surface area contributed by atoms with Gasteiger partial charge in [0.25, 0.3) is 11.8 Å². The van der Waals surface area contributed by atoms with Crippen molar-refractivity contribution in [1.29, 1.82) is 0 Å². The van der Waals surface area contributed by atoms with E-state index in [0.717, 1.165) is 32.1 Å². The third kappa shape index (κ3) is 3.72. The van der Waals surface area contributed by atoms with Crippen LogP contribution >= 0.6 is 0 Å². The predicted octanol–water partition coefficient (Wildman–Crippen LogP) is 2.80. The quantitative estimate of drug-likeness (QED) is 0.421. The third-order valence-electron chi connectivity index (χ3n) is 3.87. The maximum atomic E-state index is 12.1. The van der Waals surface area contributed by atoms with E-state index in [1.54, 1.807) is 24.3 Å². The molecule has 0 spiro atoms. The van der Waals surface area contributed by atoms with Crippen molar-refractivity contribution in [3.05, 3.63) is 35.4 Å². The van der Waals surface area contributed by atoms with Crippen LogP contribution in [0, 0.1) is 0 Å². The molecular formula is C17H21NO4. The fourth-order valence-corrected chi connectivity index (χ4v) is 2.61. The second-order valence-electron chi connectivity index (χ2n) is 5.40. The molecule has 2 rings (SSSR count). The molecule has 1 aliphatic rings. The second kappa shape index (κ2) is 7.73. The molecule has 0 saturated heterocycles. The highest BCUT2D eigenvalue weighted by molar-refractivity contribution is 6.21. The molecule has 1 aromatic carbocycles. The maximum Gasteiger partial charge on any atom is 0.305 e. The van der Waals surface area contributed by atoms with Crippen molar-refractivity contribution in [3.8, 4) is 0 Å². The SMILES string of the molecule is COC(=O)CCCCCCCN1C(=O)c2ccccc2C1=O. The third-order valence-corrected chi connectivity index (χ3v) is 3.87. The van der Waals surface area contributed by atoms with Crippen LogP contribution < -0.4 is 0 Å². The zero-order valence-corrected chi connectivity index (χ0v) is 12.8. The van der Waals surface area contributed by atoms with Gasteiger partial charge in [-0.2, -0.15) is 0 Å². The van der Waals surface area contributed by atoms with Crippen LogP contribution in [0.4, 0.5) is 0 Å². The number of ether oxygens (including phenoxy) is 1. The number of fused-ring (bicyclic) bond motifs is 1. The number of hydrogen-bond donors (Lipinski definition) is 0. The van der Waals surface area contributed by atoms with Gasteiger partial charge in [0.2, 0.25) is 0 Å². The Morgan fingerprint density at radius 2 is 1.50 bits per heavy atom. The van der Waals surface area contributed by atoms with Gasteiger partial charge in [-0.3, -0.25) is 19.3 Å². The molecule has 1 aliphatic heterocycles. The molecule has 22 heavy (non-hydrogen) atoms. The summed E-state index contributed by atoms with van der Waals surface area (Å²) in [6.45, 7) is 0.462. The molecule has 0 atom stereocenters. The molecule has 0 N–H and O–H groups in total. The minimum atomic E-state index is -0.189. The summed E-state index contributed by atoms with van der Waals surface area (Å²) in [5.74, 6) is -0.552. The minimum absolute atomic E-state index is 0.175. The Bertz CT molecular complexity index is 533. The average molecular weight is 303 g/mol. The molecule has 118 valence electrons. The molecule has 0 bridgehead atoms. The van der Waals surface area contributed by atoms with E-state index in [2.05, 4.69) is 4.74 Å². The van der Waals surface area contributed by atoms with Crippen LogP contribution in [-0.2, 0) is 9.53 Å². The van der Waals surface area contributed by atoms with Crippen LogP contribution in [0.15, 0.2) is 24.3 Å². The van der Waals surface area contributed by atoms with E-state index in [1.807, 2.05) is 0 Å². The molecule has 0 aliphatic carbocycles. The van der Waals surface area contributed by atoms with Gasteiger partial charge < -0.3 is 4.74 Å². The van der Waals surface area contributed by atoms with Gasteiger partial charge in [0, 0.05) is 13.0 Å². The van der Waals surface area contributed by atoms with Gasteiger partial charge in [0.1, 0.15) is 0 Å². The summed E-state index contributed by atoms with van der Waals surface area (Å²) in [7, 11) is 1.39. The number of carbonyl (C=O) groups excluding carboxylic acids is 3. The van der Waals surface area contributed by atoms with Crippen molar-refractivity contribution in [1.82, 2.24) is 4.90 Å². The summed E-state index contributed by atoms with van der Waals surface area (Å²) in [6.07, 6.45) is 4.95. The van der Waals surface area contributed by atoms with Crippen LogP contribution in [0.3, 0.4) is 0 Å². The monoisotopic (exact) mass is 303 g/mol. The topological polar surface area (TPSA) is 63.7 Å². The van der Waals surface area contributed by atoms with Crippen molar-refractivity contribution < 1.29 is 19.1 Å². The Balaban J connectivity index is 1.68. The Kier molecular flexibility index (Phi) is 5.69. The number of esters is 1. The first-order valence-corrected chi connectivity index (χ1v) is 7.67. The largest absolute Gasteiger partial charge is 0.469 e. The molecule has 0 saturated carbocycles. The Labute approximate surface area is 130 Å². The molecule has 0 aromatic heterocycles. The molecule has 0 radical (unpaired) electrons. The molecule has 2 amide bonds. The van der Waals surface area contributed by atoms with Gasteiger partial charge in [-0.1, -0.05) is 31.4 Å². The highest BCUT2D eigenvalue weighted by Crippen LogP contribution is 2.22. The number of amides is 2. The standard InChI is InChI=1S/C17H21NO4/c1-22-15(19)11-5-3-2-4-8-12-18-16(20)13-9-6-7-10-14(13)17(18)21/h6-7,9-10H,2-5,8,11-12H2,1H3. The van der Waals surface area contributed by atoms with E-state index in [1.165, 1.54) is 12.0 Å². The lowest BCUT2D eigenvalue weighted by Crippen LogP contribution is -2.30. The lowest BCUT2D eigenvalue weighted by molar-refractivity contribution is -0.140. The number of carbonyl (C=O) groups is 3. The van der Waals surface area contributed by atoms with Gasteiger partial charge >= 0.3 is 5.97 Å². The van der Waals surface area contributed by atoms with Crippen molar-refractivity contribution in [2.75, 3.05) is 13.7 Å². The number of benzene rings is 1. The number of hydrogen-bond acceptors (Lipinski definition) is 4. The summed E-state index contributed by atoms with van der Waals surface area (Å²) in [4.78, 5) is 36.6. The first-order valence-electron chi connectivity index (χ1n) is 7.67. The highest BCUT2D eigenvalue weighted by atomic mass is 16.5. The van der Waals surface area contributed by atoms with Gasteiger partial charge in [-0.05, 0) is 25.0 Å². The van der Waals surface area contributed by atoms with Crippen LogP contribution in [0.25, 0.3) is 0 Å². The molecule has 5 nitrogen and oxygen atoms in total. The first-order chi connectivity index (χ1) is 10.6. The van der Waals surface area contributed by atoms with E-state index in [4.69, 9.17) is 0 Å². The van der Waals surface area contributed by atoms with Crippen molar-refractivity contribution in [3.63, 3.8) is 0 Å². The van der Waals surface area contributed by atoms with Crippen LogP contribution in [-0.4, -0.2) is 36.3 Å². The normalized spacial score (nSPS) is 13.4.